The Morgan fingerprint density at radius 1 is 1.22 bits per heavy atom. The maximum atomic E-state index is 11.3. The molecule has 0 aliphatic rings. The van der Waals surface area contributed by atoms with E-state index in [1.807, 2.05) is 6.92 Å². The van der Waals surface area contributed by atoms with Gasteiger partial charge in [0.2, 0.25) is 10.0 Å². The Kier molecular flexibility index (Phi) is 4.59. The highest BCUT2D eigenvalue weighted by Crippen LogP contribution is 2.21. The van der Waals surface area contributed by atoms with Crippen molar-refractivity contribution in [2.75, 3.05) is 11.1 Å². The summed E-state index contributed by atoms with van der Waals surface area (Å²) < 4.78 is 22.6. The number of nitrogens with two attached hydrogens (primary N) is 2. The van der Waals surface area contributed by atoms with Gasteiger partial charge in [-0.2, -0.15) is 0 Å². The molecular weight excluding hydrogens is 250 g/mol. The Bertz CT molecular complexity index is 512. The molecule has 0 heterocycles. The van der Waals surface area contributed by atoms with Crippen LogP contribution in [0, 0.1) is 5.92 Å². The lowest BCUT2D eigenvalue weighted by Gasteiger charge is -2.18. The number of anilines is 2. The van der Waals surface area contributed by atoms with Crippen molar-refractivity contribution in [3.8, 4) is 0 Å². The van der Waals surface area contributed by atoms with E-state index in [2.05, 4.69) is 19.2 Å². The fraction of sp³-hybridized carbons (Fsp3) is 0.500. The number of nitrogen functional groups attached to an aromatic ring is 1. The van der Waals surface area contributed by atoms with Gasteiger partial charge < -0.3 is 11.1 Å². The summed E-state index contributed by atoms with van der Waals surface area (Å²) in [7, 11) is -3.73. The van der Waals surface area contributed by atoms with Gasteiger partial charge in [-0.05, 0) is 37.5 Å². The first kappa shape index (κ1) is 14.8. The van der Waals surface area contributed by atoms with Crippen LogP contribution >= 0.6 is 0 Å². The summed E-state index contributed by atoms with van der Waals surface area (Å²) in [6, 6.07) is 4.79. The summed E-state index contributed by atoms with van der Waals surface area (Å²) in [5.74, 6) is 0.561. The topological polar surface area (TPSA) is 98.2 Å². The number of hydrogen-bond donors (Lipinski definition) is 3. The summed E-state index contributed by atoms with van der Waals surface area (Å²) in [6.07, 6.45) is 0.986. The summed E-state index contributed by atoms with van der Waals surface area (Å²) in [5.41, 5.74) is 6.72. The molecule has 1 unspecified atom stereocenters. The first-order valence-electron chi connectivity index (χ1n) is 5.88. The molecule has 0 aliphatic heterocycles. The molecule has 5 N–H and O–H groups in total. The lowest BCUT2D eigenvalue weighted by Crippen LogP contribution is -2.18. The van der Waals surface area contributed by atoms with E-state index < -0.39 is 10.0 Å². The average molecular weight is 271 g/mol. The normalized spacial score (nSPS) is 13.6. The second-order valence-electron chi connectivity index (χ2n) is 5.01. The van der Waals surface area contributed by atoms with Gasteiger partial charge >= 0.3 is 0 Å². The fourth-order valence-corrected chi connectivity index (χ4v) is 2.51. The zero-order valence-electron chi connectivity index (χ0n) is 11.0. The minimum atomic E-state index is -3.73. The van der Waals surface area contributed by atoms with Crippen molar-refractivity contribution < 1.29 is 8.42 Å². The van der Waals surface area contributed by atoms with Crippen molar-refractivity contribution in [3.63, 3.8) is 0 Å². The van der Waals surface area contributed by atoms with Crippen molar-refractivity contribution in [1.29, 1.82) is 0 Å². The molecule has 1 aromatic carbocycles. The van der Waals surface area contributed by atoms with Gasteiger partial charge in [0.15, 0.2) is 0 Å². The van der Waals surface area contributed by atoms with E-state index in [0.717, 1.165) is 6.42 Å². The third-order valence-electron chi connectivity index (χ3n) is 2.50. The first-order chi connectivity index (χ1) is 8.18. The van der Waals surface area contributed by atoms with Gasteiger partial charge in [0.05, 0.1) is 4.90 Å². The lowest BCUT2D eigenvalue weighted by molar-refractivity contribution is 0.539. The van der Waals surface area contributed by atoms with Gasteiger partial charge in [0.1, 0.15) is 0 Å². The second-order valence-corrected chi connectivity index (χ2v) is 6.57. The maximum Gasteiger partial charge on any atom is 0.238 e. The number of sulfonamides is 1. The number of benzene rings is 1. The Balaban J connectivity index is 2.94. The molecule has 1 atom stereocenters. The predicted octanol–water partition coefficient (Wildman–Crippen LogP) is 1.76. The molecule has 0 amide bonds. The molecule has 0 saturated carbocycles. The molecule has 0 radical (unpaired) electrons. The summed E-state index contributed by atoms with van der Waals surface area (Å²) in [6.45, 7) is 6.31. The van der Waals surface area contributed by atoms with Gasteiger partial charge in [-0.3, -0.25) is 0 Å². The number of primary sulfonamides is 1. The Morgan fingerprint density at radius 3 is 2.33 bits per heavy atom. The van der Waals surface area contributed by atoms with Crippen LogP contribution in [-0.4, -0.2) is 14.5 Å². The Morgan fingerprint density at radius 2 is 1.83 bits per heavy atom. The molecule has 0 saturated heterocycles. The predicted molar refractivity (Wildman–Crippen MR) is 74.8 cm³/mol. The van der Waals surface area contributed by atoms with Crippen LogP contribution in [0.5, 0.6) is 0 Å². The molecule has 102 valence electrons. The number of hydrogen-bond acceptors (Lipinski definition) is 4. The largest absolute Gasteiger partial charge is 0.399 e. The van der Waals surface area contributed by atoms with Crippen LogP contribution in [0.1, 0.15) is 27.2 Å². The fourth-order valence-electron chi connectivity index (χ4n) is 1.92. The SMILES string of the molecule is CC(C)CC(C)Nc1cc(N)cc(S(N)(=O)=O)c1. The summed E-state index contributed by atoms with van der Waals surface area (Å²) in [4.78, 5) is 0.0294. The summed E-state index contributed by atoms with van der Waals surface area (Å²) in [5, 5.41) is 8.32. The molecule has 0 aromatic heterocycles. The molecule has 0 bridgehead atoms. The Hall–Kier alpha value is -1.27. The van der Waals surface area contributed by atoms with Crippen molar-refractivity contribution >= 4 is 21.4 Å². The highest BCUT2D eigenvalue weighted by Gasteiger charge is 2.11. The Labute approximate surface area is 109 Å². The molecule has 0 spiro atoms. The van der Waals surface area contributed by atoms with Gasteiger partial charge in [-0.15, -0.1) is 0 Å². The standard InChI is InChI=1S/C12H21N3O2S/c1-8(2)4-9(3)15-11-5-10(13)6-12(7-11)18(14,16)17/h5-9,15H,4,13H2,1-3H3,(H2,14,16,17). The molecule has 6 heteroatoms. The number of nitrogens with one attached hydrogen (secondary N) is 1. The van der Waals surface area contributed by atoms with Crippen LogP contribution in [0.3, 0.4) is 0 Å². The van der Waals surface area contributed by atoms with E-state index in [1.54, 1.807) is 6.07 Å². The van der Waals surface area contributed by atoms with Gasteiger partial charge in [-0.25, -0.2) is 13.6 Å². The molecule has 1 rings (SSSR count). The molecule has 1 aromatic rings. The van der Waals surface area contributed by atoms with Gasteiger partial charge in [0.25, 0.3) is 0 Å². The minimum Gasteiger partial charge on any atom is -0.399 e. The highest BCUT2D eigenvalue weighted by atomic mass is 32.2. The van der Waals surface area contributed by atoms with E-state index in [0.29, 0.717) is 17.3 Å². The first-order valence-corrected chi connectivity index (χ1v) is 7.43. The second kappa shape index (κ2) is 5.58. The van der Waals surface area contributed by atoms with Crippen LogP contribution in [0.2, 0.25) is 0 Å². The van der Waals surface area contributed by atoms with Gasteiger partial charge in [-0.1, -0.05) is 13.8 Å². The lowest BCUT2D eigenvalue weighted by atomic mass is 10.1. The van der Waals surface area contributed by atoms with E-state index >= 15 is 0 Å². The van der Waals surface area contributed by atoms with Gasteiger partial charge in [0, 0.05) is 17.4 Å². The molecule has 0 aliphatic carbocycles. The molecular formula is C12H21N3O2S. The number of rotatable bonds is 5. The van der Waals surface area contributed by atoms with Crippen molar-refractivity contribution in [2.24, 2.45) is 11.1 Å². The maximum absolute atomic E-state index is 11.3. The average Bonchev–Trinajstić information content (AvgIpc) is 2.13. The summed E-state index contributed by atoms with van der Waals surface area (Å²) >= 11 is 0. The zero-order chi connectivity index (χ0) is 13.9. The molecule has 0 fully saturated rings. The third-order valence-corrected chi connectivity index (χ3v) is 3.39. The van der Waals surface area contributed by atoms with Crippen molar-refractivity contribution in [1.82, 2.24) is 0 Å². The quantitative estimate of drug-likeness (QED) is 0.711. The van der Waals surface area contributed by atoms with Crippen LogP contribution in [0.4, 0.5) is 11.4 Å². The minimum absolute atomic E-state index is 0.0294. The molecule has 18 heavy (non-hydrogen) atoms. The van der Waals surface area contributed by atoms with Crippen LogP contribution in [-0.2, 0) is 10.0 Å². The van der Waals surface area contributed by atoms with Crippen molar-refractivity contribution in [2.45, 2.75) is 38.1 Å². The van der Waals surface area contributed by atoms with Crippen LogP contribution in [0.15, 0.2) is 23.1 Å². The smallest absolute Gasteiger partial charge is 0.238 e. The van der Waals surface area contributed by atoms with E-state index in [-0.39, 0.29) is 10.9 Å². The monoisotopic (exact) mass is 271 g/mol. The highest BCUT2D eigenvalue weighted by molar-refractivity contribution is 7.89. The van der Waals surface area contributed by atoms with Crippen LogP contribution < -0.4 is 16.2 Å². The van der Waals surface area contributed by atoms with E-state index in [1.165, 1.54) is 12.1 Å². The zero-order valence-corrected chi connectivity index (χ0v) is 11.8. The van der Waals surface area contributed by atoms with Crippen molar-refractivity contribution in [3.05, 3.63) is 18.2 Å². The third kappa shape index (κ3) is 4.54. The van der Waals surface area contributed by atoms with E-state index in [9.17, 15) is 8.42 Å². The molecule has 5 nitrogen and oxygen atoms in total. The van der Waals surface area contributed by atoms with Crippen LogP contribution in [0.25, 0.3) is 0 Å². The van der Waals surface area contributed by atoms with E-state index in [4.69, 9.17) is 10.9 Å².